The third kappa shape index (κ3) is 4.29. The van der Waals surface area contributed by atoms with E-state index in [4.69, 9.17) is 5.11 Å². The highest BCUT2D eigenvalue weighted by Gasteiger charge is 2.60. The molecule has 0 aromatic rings. The molecule has 0 saturated carbocycles. The van der Waals surface area contributed by atoms with Crippen molar-refractivity contribution < 1.29 is 29.7 Å². The van der Waals surface area contributed by atoms with E-state index in [2.05, 4.69) is 4.90 Å². The Bertz CT molecular complexity index is 843. The van der Waals surface area contributed by atoms with Gasteiger partial charge in [-0.05, 0) is 20.4 Å². The summed E-state index contributed by atoms with van der Waals surface area (Å²) in [5, 5.41) is 29.0. The number of hydrogen-bond donors (Lipinski definition) is 3. The lowest BCUT2D eigenvalue weighted by Crippen LogP contribution is -2.63. The molecule has 0 aromatic carbocycles. The number of rotatable bonds is 7. The molecule has 4 aliphatic rings. The van der Waals surface area contributed by atoms with Crippen LogP contribution < -0.4 is 0 Å². The highest BCUT2D eigenvalue weighted by molar-refractivity contribution is 8.03. The molecular weight excluding hydrogens is 448 g/mol. The Kier molecular flexibility index (Phi) is 7.07. The monoisotopic (exact) mass is 482 g/mol. The van der Waals surface area contributed by atoms with E-state index >= 15 is 0 Å². The maximum atomic E-state index is 13.2. The van der Waals surface area contributed by atoms with Gasteiger partial charge in [0, 0.05) is 55.3 Å². The molecule has 0 aliphatic carbocycles. The number of aliphatic hydroxyl groups excluding tert-OH is 2. The minimum atomic E-state index is -1.12. The molecule has 3 N–H and O–H groups in total. The quantitative estimate of drug-likeness (QED) is 0.395. The van der Waals surface area contributed by atoms with Crippen molar-refractivity contribution in [1.29, 1.82) is 0 Å². The first-order valence-electron chi connectivity index (χ1n) is 11.6. The summed E-state index contributed by atoms with van der Waals surface area (Å²) in [6.07, 6.45) is -0.198. The van der Waals surface area contributed by atoms with Gasteiger partial charge in [-0.25, -0.2) is 4.79 Å². The predicted molar refractivity (Wildman–Crippen MR) is 122 cm³/mol. The first kappa shape index (κ1) is 24.5. The largest absolute Gasteiger partial charge is 0.477 e. The van der Waals surface area contributed by atoms with Crippen LogP contribution in [0.1, 0.15) is 20.3 Å². The average Bonchev–Trinajstić information content (AvgIpc) is 3.24. The lowest BCUT2D eigenvalue weighted by Gasteiger charge is -2.46. The highest BCUT2D eigenvalue weighted by atomic mass is 32.2. The number of piperazine rings is 1. The third-order valence-electron chi connectivity index (χ3n) is 7.50. The molecule has 3 fully saturated rings. The van der Waals surface area contributed by atoms with E-state index in [0.717, 1.165) is 13.1 Å². The third-order valence-corrected chi connectivity index (χ3v) is 8.99. The van der Waals surface area contributed by atoms with Crippen molar-refractivity contribution in [3.8, 4) is 0 Å². The molecule has 4 aliphatic heterocycles. The number of nitrogens with zero attached hydrogens (tertiary/aromatic N) is 4. The number of fused-ring (bicyclic) bond motifs is 1. The van der Waals surface area contributed by atoms with Gasteiger partial charge in [0.25, 0.3) is 0 Å². The summed E-state index contributed by atoms with van der Waals surface area (Å²) >= 11 is 1.48. The molecule has 6 atom stereocenters. The molecular formula is C22H34N4O6S. The van der Waals surface area contributed by atoms with Crippen LogP contribution in [0.15, 0.2) is 10.6 Å². The minimum Gasteiger partial charge on any atom is -0.477 e. The first-order chi connectivity index (χ1) is 15.6. The smallest absolute Gasteiger partial charge is 0.353 e. The van der Waals surface area contributed by atoms with E-state index in [1.54, 1.807) is 6.92 Å². The number of hydrogen-bond acceptors (Lipinski definition) is 8. The van der Waals surface area contributed by atoms with Crippen molar-refractivity contribution in [2.45, 2.75) is 43.7 Å². The molecule has 0 radical (unpaired) electrons. The number of aliphatic carboxylic acids is 1. The number of aliphatic hydroxyl groups is 2. The Morgan fingerprint density at radius 1 is 1.21 bits per heavy atom. The topological polar surface area (TPSA) is 125 Å². The second-order valence-corrected chi connectivity index (χ2v) is 10.9. The van der Waals surface area contributed by atoms with Crippen LogP contribution in [-0.2, 0) is 14.4 Å². The molecule has 0 unspecified atom stereocenters. The second kappa shape index (κ2) is 9.53. The number of β-lactam (4-membered cyclic amide) rings is 1. The molecule has 0 aromatic heterocycles. The Morgan fingerprint density at radius 3 is 2.45 bits per heavy atom. The van der Waals surface area contributed by atoms with Gasteiger partial charge in [0.15, 0.2) is 0 Å². The van der Waals surface area contributed by atoms with E-state index < -0.39 is 18.0 Å². The fraction of sp³-hybridized carbons (Fsp3) is 0.773. The van der Waals surface area contributed by atoms with Gasteiger partial charge in [-0.2, -0.15) is 0 Å². The zero-order valence-electron chi connectivity index (χ0n) is 19.4. The summed E-state index contributed by atoms with van der Waals surface area (Å²) in [5.74, 6) is -2.09. The number of β-amino-alcohol motifs (C(OH)–C–C–N with tert-alkyl or cyclic N) is 1. The van der Waals surface area contributed by atoms with Gasteiger partial charge in [-0.15, -0.1) is 11.8 Å². The van der Waals surface area contributed by atoms with Crippen LogP contribution in [0.5, 0.6) is 0 Å². The molecule has 11 heteroatoms. The highest BCUT2D eigenvalue weighted by Crippen LogP contribution is 2.52. The summed E-state index contributed by atoms with van der Waals surface area (Å²) < 4.78 is 0. The number of likely N-dealkylation sites (tertiary alicyclic amines) is 1. The standard InChI is InChI=1S/C22H34N4O6S/c1-12-17-16(13(2)28)21(30)26(17)18(22(31)32)19(12)33-14-10-15(23(3)11-14)20(29)25-6-4-24(5-7-25)8-9-27/h12-17,27-28H,4-11H2,1-3H3,(H,31,32)/t12-,13-,14+,15+,16-,17-/m1/s1. The van der Waals surface area contributed by atoms with Crippen LogP contribution in [0.3, 0.4) is 0 Å². The van der Waals surface area contributed by atoms with Gasteiger partial charge >= 0.3 is 5.97 Å². The van der Waals surface area contributed by atoms with Gasteiger partial charge in [0.05, 0.1) is 30.7 Å². The number of likely N-dealkylation sites (N-methyl/N-ethyl adjacent to an activating group) is 1. The predicted octanol–water partition coefficient (Wildman–Crippen LogP) is -0.917. The van der Waals surface area contributed by atoms with Crippen molar-refractivity contribution in [1.82, 2.24) is 19.6 Å². The lowest BCUT2D eigenvalue weighted by molar-refractivity contribution is -0.163. The Morgan fingerprint density at radius 2 is 1.88 bits per heavy atom. The SMILES string of the molecule is C[C@@H](O)[C@H]1C(=O)N2C(C(=O)O)=C(S[C@H]3C[C@@H](C(=O)N4CCN(CCO)CC4)N(C)C3)[C@H](C)[C@H]12. The summed E-state index contributed by atoms with van der Waals surface area (Å²) in [5.41, 5.74) is 0.0387. The van der Waals surface area contributed by atoms with Crippen LogP contribution in [-0.4, -0.2) is 129 Å². The van der Waals surface area contributed by atoms with Gasteiger partial charge in [0.1, 0.15) is 5.70 Å². The zero-order chi connectivity index (χ0) is 24.0. The van der Waals surface area contributed by atoms with Crippen LogP contribution in [0.25, 0.3) is 0 Å². The number of amides is 2. The van der Waals surface area contributed by atoms with Crippen LogP contribution >= 0.6 is 11.8 Å². The first-order valence-corrected chi connectivity index (χ1v) is 12.5. The summed E-state index contributed by atoms with van der Waals surface area (Å²) in [6, 6.07) is -0.570. The molecule has 0 spiro atoms. The van der Waals surface area contributed by atoms with Crippen LogP contribution in [0.4, 0.5) is 0 Å². The van der Waals surface area contributed by atoms with Gasteiger partial charge < -0.3 is 25.1 Å². The van der Waals surface area contributed by atoms with Crippen molar-refractivity contribution in [3.05, 3.63) is 10.6 Å². The maximum absolute atomic E-state index is 13.2. The number of carboxylic acids is 1. The zero-order valence-corrected chi connectivity index (χ0v) is 20.2. The van der Waals surface area contributed by atoms with Gasteiger partial charge in [-0.3, -0.25) is 19.4 Å². The fourth-order valence-electron chi connectivity index (χ4n) is 5.73. The van der Waals surface area contributed by atoms with Gasteiger partial charge in [-0.1, -0.05) is 6.92 Å². The number of carbonyl (C=O) groups excluding carboxylic acids is 2. The van der Waals surface area contributed by atoms with E-state index in [1.807, 2.05) is 23.8 Å². The van der Waals surface area contributed by atoms with Crippen molar-refractivity contribution in [2.75, 3.05) is 52.9 Å². The summed E-state index contributed by atoms with van der Waals surface area (Å²) in [7, 11) is 1.93. The minimum absolute atomic E-state index is 0.0387. The summed E-state index contributed by atoms with van der Waals surface area (Å²) in [6.45, 7) is 7.69. The molecule has 33 heavy (non-hydrogen) atoms. The molecule has 184 valence electrons. The van der Waals surface area contributed by atoms with E-state index in [1.165, 1.54) is 16.7 Å². The fourth-order valence-corrected chi connectivity index (χ4v) is 7.33. The van der Waals surface area contributed by atoms with E-state index in [0.29, 0.717) is 37.5 Å². The number of thioether (sulfide) groups is 1. The van der Waals surface area contributed by atoms with Crippen LogP contribution in [0.2, 0.25) is 0 Å². The average molecular weight is 483 g/mol. The van der Waals surface area contributed by atoms with E-state index in [-0.39, 0.29) is 47.4 Å². The molecule has 3 saturated heterocycles. The Hall–Kier alpha value is -1.66. The molecule has 4 rings (SSSR count). The molecule has 2 amide bonds. The Labute approximate surface area is 198 Å². The molecule has 4 heterocycles. The number of carbonyl (C=O) groups is 3. The maximum Gasteiger partial charge on any atom is 0.353 e. The normalized spacial score (nSPS) is 34.0. The van der Waals surface area contributed by atoms with Gasteiger partial charge in [0.2, 0.25) is 11.8 Å². The van der Waals surface area contributed by atoms with Crippen LogP contribution in [0, 0.1) is 11.8 Å². The van der Waals surface area contributed by atoms with E-state index in [9.17, 15) is 24.6 Å². The summed E-state index contributed by atoms with van der Waals surface area (Å²) in [4.78, 5) is 45.9. The lowest BCUT2D eigenvalue weighted by atomic mass is 9.79. The molecule has 0 bridgehead atoms. The van der Waals surface area contributed by atoms with Crippen molar-refractivity contribution in [3.63, 3.8) is 0 Å². The molecule has 10 nitrogen and oxygen atoms in total. The second-order valence-electron chi connectivity index (χ2n) is 9.59. The Balaban J connectivity index is 1.42. The number of carboxylic acid groups (broad SMARTS) is 1. The van der Waals surface area contributed by atoms with Crippen molar-refractivity contribution in [2.24, 2.45) is 11.8 Å². The van der Waals surface area contributed by atoms with Crippen molar-refractivity contribution >= 4 is 29.5 Å².